The first-order chi connectivity index (χ1) is 21.2. The van der Waals surface area contributed by atoms with Crippen molar-refractivity contribution in [3.05, 3.63) is 66.0 Å². The minimum absolute atomic E-state index is 0.0515. The van der Waals surface area contributed by atoms with Crippen LogP contribution < -0.4 is 9.47 Å². The molecule has 1 aliphatic heterocycles. The van der Waals surface area contributed by atoms with Crippen LogP contribution in [0, 0.1) is 0 Å². The molecule has 13 nitrogen and oxygen atoms in total. The van der Waals surface area contributed by atoms with Crippen LogP contribution in [-0.4, -0.2) is 81.9 Å². The Hall–Kier alpha value is -5.28. The number of hydrogen-bond donors (Lipinski definition) is 1. The number of carbonyl (C=O) groups is 1. The molecule has 4 aromatic heterocycles. The van der Waals surface area contributed by atoms with Crippen LogP contribution in [0.3, 0.4) is 0 Å². The van der Waals surface area contributed by atoms with E-state index in [0.717, 1.165) is 45.1 Å². The topological polar surface area (TPSA) is 146 Å². The smallest absolute Gasteiger partial charge is 0.435 e. The molecule has 1 aliphatic carbocycles. The van der Waals surface area contributed by atoms with E-state index in [-0.39, 0.29) is 19.0 Å². The first-order valence-corrected chi connectivity index (χ1v) is 13.7. The molecule has 1 saturated carbocycles. The highest BCUT2D eigenvalue weighted by Crippen LogP contribution is 2.45. The summed E-state index contributed by atoms with van der Waals surface area (Å²) in [6, 6.07) is 7.56. The second-order valence-corrected chi connectivity index (χ2v) is 10.6. The van der Waals surface area contributed by atoms with Gasteiger partial charge in [0.2, 0.25) is 11.8 Å². The van der Waals surface area contributed by atoms with Gasteiger partial charge in [-0.1, -0.05) is 12.1 Å². The normalized spacial score (nSPS) is 15.4. The third-order valence-electron chi connectivity index (χ3n) is 7.49. The average Bonchev–Trinajstić information content (AvgIpc) is 3.62. The molecule has 5 aromatic rings. The molecule has 1 aromatic carbocycles. The molecule has 0 radical (unpaired) electrons. The van der Waals surface area contributed by atoms with E-state index in [2.05, 4.69) is 25.1 Å². The van der Waals surface area contributed by atoms with Crippen molar-refractivity contribution in [1.82, 2.24) is 44.4 Å². The third-order valence-corrected chi connectivity index (χ3v) is 7.49. The number of aromatic nitrogens is 8. The fourth-order valence-electron chi connectivity index (χ4n) is 5.04. The van der Waals surface area contributed by atoms with Crippen LogP contribution in [0.25, 0.3) is 28.1 Å². The second-order valence-electron chi connectivity index (χ2n) is 10.6. The molecule has 0 bridgehead atoms. The predicted molar refractivity (Wildman–Crippen MR) is 147 cm³/mol. The summed E-state index contributed by atoms with van der Waals surface area (Å²) in [6.45, 7) is 0.424. The first kappa shape index (κ1) is 27.5. The molecule has 1 saturated heterocycles. The largest absolute Gasteiger partial charge is 0.480 e. The molecule has 7 rings (SSSR count). The fraction of sp³-hybridized carbons (Fsp3) is 0.321. The molecular formula is C28H24F3N9O4. The van der Waals surface area contributed by atoms with Gasteiger partial charge in [0.05, 0.1) is 49.7 Å². The Bertz CT molecular complexity index is 1860. The van der Waals surface area contributed by atoms with Gasteiger partial charge in [-0.2, -0.15) is 23.4 Å². The third kappa shape index (κ3) is 5.11. The number of fused-ring (bicyclic) bond motifs is 1. The maximum atomic E-state index is 13.5. The molecule has 1 N–H and O–H groups in total. The van der Waals surface area contributed by atoms with E-state index < -0.39 is 24.1 Å². The van der Waals surface area contributed by atoms with Gasteiger partial charge in [0.25, 0.3) is 0 Å². The lowest BCUT2D eigenvalue weighted by Gasteiger charge is -2.36. The van der Waals surface area contributed by atoms with Gasteiger partial charge in [0.15, 0.2) is 17.2 Å². The number of likely N-dealkylation sites (tertiary alicyclic amines) is 1. The van der Waals surface area contributed by atoms with Crippen molar-refractivity contribution >= 4 is 17.1 Å². The number of amides is 1. The Morgan fingerprint density at radius 1 is 1.09 bits per heavy atom. The summed E-state index contributed by atoms with van der Waals surface area (Å²) in [6.07, 6.45) is 0.486. The van der Waals surface area contributed by atoms with E-state index in [9.17, 15) is 18.0 Å². The van der Waals surface area contributed by atoms with Gasteiger partial charge < -0.3 is 19.5 Å². The summed E-state index contributed by atoms with van der Waals surface area (Å²) in [4.78, 5) is 30.2. The fourth-order valence-corrected chi connectivity index (χ4v) is 5.04. The number of carboxylic acid groups (broad SMARTS) is 1. The SMILES string of the molecule is COc1ncnc(C2CC2)c1-c1ncc2cnn(Cc3ccc(-n4nc(C(F)(F)F)cc4OC4CN(C(=O)O)C4)cc3)c2n1. The van der Waals surface area contributed by atoms with Crippen molar-refractivity contribution in [2.45, 2.75) is 37.6 Å². The van der Waals surface area contributed by atoms with Crippen LogP contribution in [0.1, 0.15) is 35.7 Å². The molecule has 0 unspecified atom stereocenters. The van der Waals surface area contributed by atoms with Gasteiger partial charge in [0.1, 0.15) is 18.0 Å². The minimum Gasteiger partial charge on any atom is -0.480 e. The Morgan fingerprint density at radius 3 is 2.55 bits per heavy atom. The zero-order valence-corrected chi connectivity index (χ0v) is 23.1. The van der Waals surface area contributed by atoms with Crippen molar-refractivity contribution in [1.29, 1.82) is 0 Å². The molecule has 5 heterocycles. The van der Waals surface area contributed by atoms with E-state index in [0.29, 0.717) is 41.1 Å². The van der Waals surface area contributed by atoms with Gasteiger partial charge in [-0.05, 0) is 30.5 Å². The quantitative estimate of drug-likeness (QED) is 0.273. The molecule has 2 fully saturated rings. The van der Waals surface area contributed by atoms with E-state index in [1.165, 1.54) is 13.4 Å². The predicted octanol–water partition coefficient (Wildman–Crippen LogP) is 4.16. The zero-order chi connectivity index (χ0) is 30.6. The van der Waals surface area contributed by atoms with Gasteiger partial charge in [-0.25, -0.2) is 34.1 Å². The van der Waals surface area contributed by atoms with Crippen LogP contribution >= 0.6 is 0 Å². The number of rotatable bonds is 8. The van der Waals surface area contributed by atoms with E-state index in [1.807, 2.05) is 0 Å². The molecule has 226 valence electrons. The summed E-state index contributed by atoms with van der Waals surface area (Å²) < 4.78 is 54.4. The minimum atomic E-state index is -4.69. The van der Waals surface area contributed by atoms with Crippen LogP contribution in [0.2, 0.25) is 0 Å². The van der Waals surface area contributed by atoms with Crippen molar-refractivity contribution in [2.75, 3.05) is 20.2 Å². The number of alkyl halides is 3. The van der Waals surface area contributed by atoms with Crippen molar-refractivity contribution in [3.8, 4) is 28.8 Å². The summed E-state index contributed by atoms with van der Waals surface area (Å²) >= 11 is 0. The van der Waals surface area contributed by atoms with Gasteiger partial charge >= 0.3 is 12.3 Å². The van der Waals surface area contributed by atoms with Crippen molar-refractivity contribution in [2.24, 2.45) is 0 Å². The number of nitrogens with zero attached hydrogens (tertiary/aromatic N) is 9. The van der Waals surface area contributed by atoms with Crippen LogP contribution in [-0.2, 0) is 12.7 Å². The van der Waals surface area contributed by atoms with Gasteiger partial charge in [-0.3, -0.25) is 0 Å². The standard InChI is InChI=1S/C28H24F3N9O4/c1-43-26-22(23(16-4-5-16)33-14-34-26)24-32-9-17-10-35-39(25(17)36-24)11-15-2-6-18(7-3-15)40-21(8-20(37-40)28(29,30)31)44-19-12-38(13-19)27(41)42/h2-3,6-10,14,16,19H,4-5,11-13H2,1H3,(H,41,42). The number of hydrogen-bond acceptors (Lipinski definition) is 9. The van der Waals surface area contributed by atoms with Crippen molar-refractivity contribution in [3.63, 3.8) is 0 Å². The van der Waals surface area contributed by atoms with E-state index in [4.69, 9.17) is 19.6 Å². The lowest BCUT2D eigenvalue weighted by molar-refractivity contribution is -0.141. The molecule has 2 aliphatic rings. The molecule has 16 heteroatoms. The highest BCUT2D eigenvalue weighted by atomic mass is 19.4. The maximum Gasteiger partial charge on any atom is 0.435 e. The second kappa shape index (κ2) is 10.5. The Kier molecular flexibility index (Phi) is 6.55. The van der Waals surface area contributed by atoms with Crippen LogP contribution in [0.15, 0.2) is 49.1 Å². The van der Waals surface area contributed by atoms with Crippen LogP contribution in [0.5, 0.6) is 11.8 Å². The summed E-state index contributed by atoms with van der Waals surface area (Å²) in [5, 5.41) is 18.0. The average molecular weight is 608 g/mol. The Labute approximate surface area is 246 Å². The number of ether oxygens (including phenoxy) is 2. The maximum absolute atomic E-state index is 13.5. The van der Waals surface area contributed by atoms with E-state index in [1.54, 1.807) is 41.3 Å². The van der Waals surface area contributed by atoms with Gasteiger partial charge in [0, 0.05) is 18.2 Å². The highest BCUT2D eigenvalue weighted by molar-refractivity contribution is 5.77. The van der Waals surface area contributed by atoms with Crippen molar-refractivity contribution < 1.29 is 32.5 Å². The number of benzene rings is 1. The molecule has 44 heavy (non-hydrogen) atoms. The Balaban J connectivity index is 1.15. The number of halogens is 3. The molecule has 1 amide bonds. The van der Waals surface area contributed by atoms with Crippen LogP contribution in [0.4, 0.5) is 18.0 Å². The Morgan fingerprint density at radius 2 is 1.86 bits per heavy atom. The first-order valence-electron chi connectivity index (χ1n) is 13.7. The summed E-state index contributed by atoms with van der Waals surface area (Å²) in [5.41, 5.74) is 2.12. The zero-order valence-electron chi connectivity index (χ0n) is 23.1. The summed E-state index contributed by atoms with van der Waals surface area (Å²) in [7, 11) is 1.54. The molecule has 0 atom stereocenters. The lowest BCUT2D eigenvalue weighted by Crippen LogP contribution is -2.55. The summed E-state index contributed by atoms with van der Waals surface area (Å²) in [5.74, 6) is 1.01. The van der Waals surface area contributed by atoms with Gasteiger partial charge in [-0.15, -0.1) is 0 Å². The lowest BCUT2D eigenvalue weighted by atomic mass is 10.1. The highest BCUT2D eigenvalue weighted by Gasteiger charge is 2.38. The molecular weight excluding hydrogens is 583 g/mol. The number of methoxy groups -OCH3 is 1. The molecule has 0 spiro atoms. The van der Waals surface area contributed by atoms with E-state index >= 15 is 0 Å². The monoisotopic (exact) mass is 607 g/mol.